The first-order valence-corrected chi connectivity index (χ1v) is 9.70. The Bertz CT molecular complexity index is 927. The Labute approximate surface area is 146 Å². The molecule has 120 valence electrons. The number of H-pyrrole nitrogens is 1. The van der Waals surface area contributed by atoms with Gasteiger partial charge < -0.3 is 9.88 Å². The Morgan fingerprint density at radius 3 is 2.96 bits per heavy atom. The van der Waals surface area contributed by atoms with E-state index in [1.165, 1.54) is 20.2 Å². The van der Waals surface area contributed by atoms with Gasteiger partial charge in [0.1, 0.15) is 17.9 Å². The summed E-state index contributed by atoms with van der Waals surface area (Å²) in [6, 6.07) is 3.98. The van der Waals surface area contributed by atoms with Gasteiger partial charge in [0.2, 0.25) is 0 Å². The van der Waals surface area contributed by atoms with Gasteiger partial charge in [0.15, 0.2) is 5.82 Å². The van der Waals surface area contributed by atoms with E-state index in [0.717, 1.165) is 46.2 Å². The number of hydrogen-bond donors (Lipinski definition) is 2. The van der Waals surface area contributed by atoms with Crippen molar-refractivity contribution in [1.29, 1.82) is 0 Å². The Morgan fingerprint density at radius 1 is 1.30 bits per heavy atom. The summed E-state index contributed by atoms with van der Waals surface area (Å²) in [5.74, 6) is 0.766. The van der Waals surface area contributed by atoms with Crippen molar-refractivity contribution < 1.29 is 4.90 Å². The zero-order chi connectivity index (χ0) is 16.0. The summed E-state index contributed by atoms with van der Waals surface area (Å²) in [5, 5.41) is 0.828. The quantitative estimate of drug-likeness (QED) is 0.745. The number of quaternary nitrogens is 1. The third-order valence-corrected chi connectivity index (χ3v) is 6.62. The maximum absolute atomic E-state index is 12.4. The molecule has 0 bridgehead atoms. The van der Waals surface area contributed by atoms with Crippen LogP contribution in [-0.4, -0.2) is 17.0 Å². The van der Waals surface area contributed by atoms with E-state index in [1.807, 2.05) is 6.07 Å². The number of aromatic nitrogens is 2. The lowest BCUT2D eigenvalue weighted by Crippen LogP contribution is -3.06. The Morgan fingerprint density at radius 2 is 2.17 bits per heavy atom. The predicted molar refractivity (Wildman–Crippen MR) is 95.9 cm³/mol. The molecule has 3 heterocycles. The van der Waals surface area contributed by atoms with Crippen LogP contribution in [0, 0.1) is 0 Å². The first-order chi connectivity index (χ1) is 11.1. The lowest BCUT2D eigenvalue weighted by molar-refractivity contribution is -0.908. The van der Waals surface area contributed by atoms with Gasteiger partial charge in [0, 0.05) is 4.88 Å². The topological polar surface area (TPSA) is 50.2 Å². The molecular weight excluding hydrogens is 350 g/mol. The molecule has 1 unspecified atom stereocenters. The molecule has 0 aliphatic heterocycles. The molecule has 0 amide bonds. The van der Waals surface area contributed by atoms with Crippen molar-refractivity contribution in [2.45, 2.75) is 32.4 Å². The average molecular weight is 367 g/mol. The molecule has 1 aliphatic carbocycles. The van der Waals surface area contributed by atoms with Crippen LogP contribution in [-0.2, 0) is 25.9 Å². The molecule has 0 saturated carbocycles. The van der Waals surface area contributed by atoms with Crippen LogP contribution < -0.4 is 10.5 Å². The van der Waals surface area contributed by atoms with Crippen LogP contribution in [0.1, 0.15) is 27.6 Å². The van der Waals surface area contributed by atoms with Crippen molar-refractivity contribution in [3.63, 3.8) is 0 Å². The molecule has 2 N–H and O–H groups in total. The minimum atomic E-state index is 0.0244. The summed E-state index contributed by atoms with van der Waals surface area (Å²) in [4.78, 5) is 24.9. The highest BCUT2D eigenvalue weighted by Crippen LogP contribution is 2.34. The fourth-order valence-electron chi connectivity index (χ4n) is 3.22. The second kappa shape index (κ2) is 6.02. The van der Waals surface area contributed by atoms with Crippen molar-refractivity contribution in [2.75, 3.05) is 7.05 Å². The number of thiophene rings is 2. The molecule has 23 heavy (non-hydrogen) atoms. The highest BCUT2D eigenvalue weighted by atomic mass is 35.5. The smallest absolute Gasteiger partial charge is 0.260 e. The van der Waals surface area contributed by atoms with Crippen molar-refractivity contribution in [1.82, 2.24) is 9.97 Å². The number of fused-ring (bicyclic) bond motifs is 3. The van der Waals surface area contributed by atoms with Gasteiger partial charge in [-0.15, -0.1) is 22.7 Å². The number of halogens is 1. The highest BCUT2D eigenvalue weighted by molar-refractivity contribution is 7.18. The molecule has 0 radical (unpaired) electrons. The number of nitrogens with zero attached hydrogens (tertiary/aromatic N) is 1. The molecular formula is C16H17ClN3OS2+. The van der Waals surface area contributed by atoms with Gasteiger partial charge in [-0.1, -0.05) is 11.6 Å². The molecule has 0 fully saturated rings. The normalized spacial score (nSPS) is 15.2. The zero-order valence-electron chi connectivity index (χ0n) is 12.7. The number of nitrogens with one attached hydrogen (secondary N) is 2. The van der Waals surface area contributed by atoms with Crippen LogP contribution in [0.5, 0.6) is 0 Å². The van der Waals surface area contributed by atoms with Crippen molar-refractivity contribution in [3.05, 3.63) is 48.0 Å². The molecule has 4 nitrogen and oxygen atoms in total. The number of rotatable bonds is 4. The van der Waals surface area contributed by atoms with Crippen LogP contribution in [0.3, 0.4) is 0 Å². The van der Waals surface area contributed by atoms with Gasteiger partial charge in [-0.3, -0.25) is 4.79 Å². The van der Waals surface area contributed by atoms with Crippen molar-refractivity contribution in [3.8, 4) is 0 Å². The highest BCUT2D eigenvalue weighted by Gasteiger charge is 2.21. The summed E-state index contributed by atoms with van der Waals surface area (Å²) in [6.07, 6.45) is 3.27. The van der Waals surface area contributed by atoms with Crippen LogP contribution in [0.25, 0.3) is 10.2 Å². The molecule has 7 heteroatoms. The van der Waals surface area contributed by atoms with E-state index < -0.39 is 0 Å². The van der Waals surface area contributed by atoms with E-state index in [1.54, 1.807) is 22.7 Å². The van der Waals surface area contributed by atoms with E-state index in [4.69, 9.17) is 16.6 Å². The monoisotopic (exact) mass is 366 g/mol. The van der Waals surface area contributed by atoms with Crippen LogP contribution in [0.15, 0.2) is 16.9 Å². The second-order valence-electron chi connectivity index (χ2n) is 6.07. The van der Waals surface area contributed by atoms with Gasteiger partial charge in [-0.25, -0.2) is 4.98 Å². The minimum absolute atomic E-state index is 0.0244. The van der Waals surface area contributed by atoms with Gasteiger partial charge >= 0.3 is 0 Å². The standard InChI is InChI=1S/C16H16ClN3OS2/c1-20(7-9-5-6-12(17)22-9)8-13-18-15(21)14-10-3-2-4-11(10)23-16(14)19-13/h5-6H,2-4,7-8H2,1H3,(H,18,19,21)/p+1. The van der Waals surface area contributed by atoms with E-state index in [9.17, 15) is 4.79 Å². The third-order valence-electron chi connectivity index (χ3n) is 4.20. The summed E-state index contributed by atoms with van der Waals surface area (Å²) >= 11 is 9.27. The molecule has 1 atom stereocenters. The van der Waals surface area contributed by atoms with Crippen LogP contribution >= 0.6 is 34.3 Å². The number of aryl methyl sites for hydroxylation is 2. The van der Waals surface area contributed by atoms with Crippen LogP contribution in [0.4, 0.5) is 0 Å². The second-order valence-corrected chi connectivity index (χ2v) is 8.95. The third kappa shape index (κ3) is 2.96. The number of hydrogen-bond acceptors (Lipinski definition) is 4. The van der Waals surface area contributed by atoms with Gasteiger partial charge in [-0.2, -0.15) is 0 Å². The molecule has 3 aromatic heterocycles. The zero-order valence-corrected chi connectivity index (χ0v) is 15.1. The molecule has 4 rings (SSSR count). The van der Waals surface area contributed by atoms with E-state index in [-0.39, 0.29) is 5.56 Å². The van der Waals surface area contributed by atoms with E-state index >= 15 is 0 Å². The SMILES string of the molecule is C[NH+](Cc1nc2sc3c(c2c(=O)[nH]1)CCC3)Cc1ccc(Cl)s1. The minimum Gasteiger partial charge on any atom is -0.327 e. The molecule has 3 aromatic rings. The predicted octanol–water partition coefficient (Wildman–Crippen LogP) is 2.40. The fourth-order valence-corrected chi connectivity index (χ4v) is 5.71. The maximum Gasteiger partial charge on any atom is 0.260 e. The molecule has 0 aromatic carbocycles. The lowest BCUT2D eigenvalue weighted by Gasteiger charge is -2.12. The molecule has 0 spiro atoms. The van der Waals surface area contributed by atoms with Gasteiger partial charge in [-0.05, 0) is 37.0 Å². The Balaban J connectivity index is 1.58. The summed E-state index contributed by atoms with van der Waals surface area (Å²) in [7, 11) is 2.10. The first kappa shape index (κ1) is 15.3. The van der Waals surface area contributed by atoms with Gasteiger partial charge in [0.25, 0.3) is 5.56 Å². The largest absolute Gasteiger partial charge is 0.327 e. The fraction of sp³-hybridized carbons (Fsp3) is 0.375. The lowest BCUT2D eigenvalue weighted by atomic mass is 10.2. The Hall–Kier alpha value is -1.21. The molecule has 1 aliphatic rings. The Kier molecular flexibility index (Phi) is 4.01. The average Bonchev–Trinajstić information content (AvgIpc) is 3.14. The molecule has 0 saturated heterocycles. The van der Waals surface area contributed by atoms with Crippen molar-refractivity contribution >= 4 is 44.5 Å². The summed E-state index contributed by atoms with van der Waals surface area (Å²) in [5.41, 5.74) is 1.26. The van der Waals surface area contributed by atoms with Crippen molar-refractivity contribution in [2.24, 2.45) is 0 Å². The number of aromatic amines is 1. The van der Waals surface area contributed by atoms with Crippen LogP contribution in [0.2, 0.25) is 4.34 Å². The summed E-state index contributed by atoms with van der Waals surface area (Å²) < 4.78 is 0.814. The van der Waals surface area contributed by atoms with E-state index in [0.29, 0.717) is 6.54 Å². The maximum atomic E-state index is 12.4. The first-order valence-electron chi connectivity index (χ1n) is 7.69. The summed E-state index contributed by atoms with van der Waals surface area (Å²) in [6.45, 7) is 1.57. The van der Waals surface area contributed by atoms with Gasteiger partial charge in [0.05, 0.1) is 21.6 Å². The van der Waals surface area contributed by atoms with E-state index in [2.05, 4.69) is 18.1 Å².